The van der Waals surface area contributed by atoms with E-state index in [4.69, 9.17) is 21.6 Å². The Balaban J connectivity index is 1.17. The molecule has 2 N–H and O–H groups in total. The molecule has 2 aliphatic carbocycles. The largest absolute Gasteiger partial charge is 0.489 e. The third kappa shape index (κ3) is 6.40. The first-order valence-corrected chi connectivity index (χ1v) is 16.4. The van der Waals surface area contributed by atoms with Gasteiger partial charge in [-0.3, -0.25) is 9.69 Å². The van der Waals surface area contributed by atoms with Crippen LogP contribution in [0.1, 0.15) is 96.0 Å². The molecule has 1 aromatic carbocycles. The molecule has 0 bridgehead atoms. The number of amides is 1. The molecule has 2 saturated carbocycles. The molecular weight excluding hydrogens is 576 g/mol. The number of aliphatic hydroxyl groups excluding tert-OH is 1. The molecule has 2 aromatic rings. The van der Waals surface area contributed by atoms with Gasteiger partial charge in [-0.05, 0) is 64.5 Å². The Morgan fingerprint density at radius 3 is 2.20 bits per heavy atom. The predicted octanol–water partition coefficient (Wildman–Crippen LogP) is 5.60. The Morgan fingerprint density at radius 2 is 1.66 bits per heavy atom. The van der Waals surface area contributed by atoms with Gasteiger partial charge >= 0.3 is 0 Å². The molecule has 2 heterocycles. The molecule has 1 aromatic heterocycles. The minimum atomic E-state index is -0.355. The molecule has 238 valence electrons. The number of carbonyl (C=O) groups is 1. The van der Waals surface area contributed by atoms with Gasteiger partial charge in [-0.2, -0.15) is 5.26 Å². The van der Waals surface area contributed by atoms with Crippen LogP contribution in [0, 0.1) is 22.2 Å². The van der Waals surface area contributed by atoms with Crippen molar-refractivity contribution in [1.82, 2.24) is 20.2 Å². The van der Waals surface area contributed by atoms with Gasteiger partial charge in [-0.25, -0.2) is 9.97 Å². The molecular formula is C34H47ClN6O3. The molecule has 3 fully saturated rings. The number of hydrogen-bond donors (Lipinski definition) is 2. The molecule has 0 atom stereocenters. The number of hydrogen-bond acceptors (Lipinski definition) is 8. The lowest BCUT2D eigenvalue weighted by molar-refractivity contribution is -0.164. The van der Waals surface area contributed by atoms with E-state index in [1.807, 2.05) is 0 Å². The van der Waals surface area contributed by atoms with Crippen LogP contribution in [0.15, 0.2) is 30.6 Å². The number of nitrogens with one attached hydrogen (secondary N) is 1. The van der Waals surface area contributed by atoms with Crippen molar-refractivity contribution in [1.29, 1.82) is 5.26 Å². The summed E-state index contributed by atoms with van der Waals surface area (Å²) in [5.74, 6) is 1.06. The van der Waals surface area contributed by atoms with E-state index in [0.717, 1.165) is 51.6 Å². The average Bonchev–Trinajstić information content (AvgIpc) is 2.99. The van der Waals surface area contributed by atoms with Crippen LogP contribution in [0.3, 0.4) is 0 Å². The fraction of sp³-hybridized carbons (Fsp3) is 0.647. The van der Waals surface area contributed by atoms with Crippen molar-refractivity contribution in [3.63, 3.8) is 0 Å². The maximum Gasteiger partial charge on any atom is 0.254 e. The van der Waals surface area contributed by atoms with E-state index in [1.165, 1.54) is 0 Å². The zero-order valence-electron chi connectivity index (χ0n) is 26.9. The Bertz CT molecular complexity index is 1340. The summed E-state index contributed by atoms with van der Waals surface area (Å²) in [6.07, 6.45) is 8.98. The van der Waals surface area contributed by atoms with Gasteiger partial charge in [-0.1, -0.05) is 39.3 Å². The Kier molecular flexibility index (Phi) is 9.46. The number of carbonyl (C=O) groups excluding carboxylic acids is 1. The maximum atomic E-state index is 13.3. The first-order valence-electron chi connectivity index (χ1n) is 16.0. The van der Waals surface area contributed by atoms with Crippen LogP contribution < -0.4 is 15.0 Å². The van der Waals surface area contributed by atoms with Crippen LogP contribution in [-0.2, 0) is 0 Å². The standard InChI is InChI=1S/C34H47ClN6O3/c1-21(2)41(24-8-10-26(42)11-9-24)25-13-15-40(16-14-25)32-37-19-23(20-38-32)29(43)39-30-33(3,4)31(34(30,5)6)44-27-12-7-22(18-36)28(35)17-27/h7,12,17,19-21,24-26,30-31,42H,8-11,13-16H2,1-6H3,(H,39,43). The van der Waals surface area contributed by atoms with Crippen molar-refractivity contribution in [2.75, 3.05) is 18.0 Å². The SMILES string of the molecule is CC(C)N(C1CCC(O)CC1)C1CCN(c2ncc(C(=O)NC3C(C)(C)C(Oc4ccc(C#N)c(Cl)c4)C3(C)C)cn2)CC1. The van der Waals surface area contributed by atoms with Crippen LogP contribution in [0.4, 0.5) is 5.95 Å². The molecule has 0 unspecified atom stereocenters. The number of nitrogens with zero attached hydrogens (tertiary/aromatic N) is 5. The Hall–Kier alpha value is -2.93. The summed E-state index contributed by atoms with van der Waals surface area (Å²) < 4.78 is 6.35. The van der Waals surface area contributed by atoms with E-state index in [9.17, 15) is 9.90 Å². The second kappa shape index (κ2) is 12.8. The van der Waals surface area contributed by atoms with E-state index in [-0.39, 0.29) is 35.0 Å². The van der Waals surface area contributed by atoms with Crippen molar-refractivity contribution in [2.45, 2.75) is 116 Å². The highest BCUT2D eigenvalue weighted by Gasteiger charge is 2.64. The van der Waals surface area contributed by atoms with Gasteiger partial charge in [0.1, 0.15) is 17.9 Å². The lowest BCUT2D eigenvalue weighted by Gasteiger charge is -2.63. The minimum absolute atomic E-state index is 0.137. The van der Waals surface area contributed by atoms with Crippen LogP contribution in [0.2, 0.25) is 5.02 Å². The van der Waals surface area contributed by atoms with Crippen LogP contribution in [-0.4, -0.2) is 75.3 Å². The highest BCUT2D eigenvalue weighted by atomic mass is 35.5. The van der Waals surface area contributed by atoms with Gasteiger partial charge in [0.15, 0.2) is 0 Å². The molecule has 3 aliphatic rings. The van der Waals surface area contributed by atoms with E-state index in [1.54, 1.807) is 30.6 Å². The van der Waals surface area contributed by atoms with Gasteiger partial charge in [-0.15, -0.1) is 0 Å². The number of piperidine rings is 1. The molecule has 5 rings (SSSR count). The molecule has 1 aliphatic heterocycles. The minimum Gasteiger partial charge on any atom is -0.489 e. The van der Waals surface area contributed by atoms with Crippen LogP contribution in [0.25, 0.3) is 0 Å². The molecule has 9 nitrogen and oxygen atoms in total. The summed E-state index contributed by atoms with van der Waals surface area (Å²) >= 11 is 6.22. The van der Waals surface area contributed by atoms with Gasteiger partial charge in [0, 0.05) is 66.5 Å². The van der Waals surface area contributed by atoms with E-state index >= 15 is 0 Å². The Labute approximate surface area is 267 Å². The second-order valence-electron chi connectivity index (χ2n) is 14.3. The predicted molar refractivity (Wildman–Crippen MR) is 172 cm³/mol. The number of aliphatic hydroxyl groups is 1. The van der Waals surface area contributed by atoms with Crippen molar-refractivity contribution >= 4 is 23.5 Å². The topological polar surface area (TPSA) is 115 Å². The molecule has 10 heteroatoms. The summed E-state index contributed by atoms with van der Waals surface area (Å²) in [5.41, 5.74) is 0.130. The van der Waals surface area contributed by atoms with Gasteiger partial charge in [0.2, 0.25) is 5.95 Å². The number of anilines is 1. The van der Waals surface area contributed by atoms with Gasteiger partial charge in [0.25, 0.3) is 5.91 Å². The summed E-state index contributed by atoms with van der Waals surface area (Å²) in [7, 11) is 0. The fourth-order valence-electron chi connectivity index (χ4n) is 8.27. The average molecular weight is 623 g/mol. The lowest BCUT2D eigenvalue weighted by atomic mass is 9.49. The highest BCUT2D eigenvalue weighted by Crippen LogP contribution is 2.55. The van der Waals surface area contributed by atoms with Crippen molar-refractivity contribution in [3.05, 3.63) is 46.7 Å². The summed E-state index contributed by atoms with van der Waals surface area (Å²) in [5, 5.41) is 22.7. The van der Waals surface area contributed by atoms with E-state index in [0.29, 0.717) is 46.0 Å². The first-order chi connectivity index (χ1) is 20.8. The van der Waals surface area contributed by atoms with E-state index < -0.39 is 0 Å². The molecule has 44 heavy (non-hydrogen) atoms. The number of rotatable bonds is 8. The number of halogens is 1. The monoisotopic (exact) mass is 622 g/mol. The fourth-order valence-corrected chi connectivity index (χ4v) is 8.49. The van der Waals surface area contributed by atoms with Crippen molar-refractivity contribution < 1.29 is 14.6 Å². The maximum absolute atomic E-state index is 13.3. The zero-order valence-corrected chi connectivity index (χ0v) is 27.6. The van der Waals surface area contributed by atoms with E-state index in [2.05, 4.69) is 72.7 Å². The number of aromatic nitrogens is 2. The summed E-state index contributed by atoms with van der Waals surface area (Å²) in [6, 6.07) is 8.55. The number of ether oxygens (including phenoxy) is 1. The molecule has 1 saturated heterocycles. The number of benzene rings is 1. The Morgan fingerprint density at radius 1 is 1.07 bits per heavy atom. The first kappa shape index (κ1) is 32.5. The van der Waals surface area contributed by atoms with Crippen LogP contribution >= 0.6 is 11.6 Å². The lowest BCUT2D eigenvalue weighted by Crippen LogP contribution is -2.74. The normalized spacial score (nSPS) is 26.6. The highest BCUT2D eigenvalue weighted by molar-refractivity contribution is 6.31. The smallest absolute Gasteiger partial charge is 0.254 e. The van der Waals surface area contributed by atoms with Crippen molar-refractivity contribution in [2.24, 2.45) is 10.8 Å². The molecule has 1 amide bonds. The quantitative estimate of drug-likeness (QED) is 0.391. The zero-order chi connectivity index (χ0) is 31.8. The molecule has 0 spiro atoms. The number of nitriles is 1. The van der Waals surface area contributed by atoms with Crippen molar-refractivity contribution in [3.8, 4) is 11.8 Å². The van der Waals surface area contributed by atoms with Gasteiger partial charge < -0.3 is 20.1 Å². The summed E-state index contributed by atoms with van der Waals surface area (Å²) in [4.78, 5) is 27.4. The van der Waals surface area contributed by atoms with Gasteiger partial charge in [0.05, 0.1) is 22.3 Å². The molecule has 0 radical (unpaired) electrons. The van der Waals surface area contributed by atoms with Crippen LogP contribution in [0.5, 0.6) is 5.75 Å². The summed E-state index contributed by atoms with van der Waals surface area (Å²) in [6.45, 7) is 14.7. The third-order valence-corrected chi connectivity index (χ3v) is 10.5. The third-order valence-electron chi connectivity index (χ3n) is 10.2. The second-order valence-corrected chi connectivity index (χ2v) is 14.7.